The predicted molar refractivity (Wildman–Crippen MR) is 518 cm³/mol. The molecule has 13 aromatic carbocycles. The number of alkyl halides is 1. The Bertz CT molecular complexity index is 6730. The molecule has 758 valence electrons. The van der Waals surface area contributed by atoms with Gasteiger partial charge in [0, 0.05) is 0 Å². The summed E-state index contributed by atoms with van der Waals surface area (Å²) in [6.45, 7) is -4.33. The van der Waals surface area contributed by atoms with E-state index in [-0.39, 0.29) is 72.3 Å². The van der Waals surface area contributed by atoms with Crippen LogP contribution in [-0.2, 0) is 94.7 Å². The molecule has 0 saturated carbocycles. The first kappa shape index (κ1) is 103. The van der Waals surface area contributed by atoms with Gasteiger partial charge in [-0.05, 0) is 158 Å². The van der Waals surface area contributed by atoms with Crippen LogP contribution in [0.4, 0.5) is 4.39 Å². The standard InChI is InChI=1S/C115H93FO33/c116-99-95(146-109(126)79-58-32-10-33-59-79)91(142-105(122)75-50-24-6-25-51-75)87(138-101(118)71-42-16-2-17-43-71)83(134-99)67-131-113-97(148-111(128)81-62-36-12-37-63-81)93(144-107(124)77-54-28-8-29-55-77)89(140-103(120)73-46-20-4-21-47-73)85(136-113)69-133-115-98(149-112(129)82-64-38-13-39-65-82)94(145-108(125)78-56-30-9-31-57-78)90(141-104(121)74-48-22-5-23-49-74)86(137-115)68-132-114-96(147-110(127)80-60-34-11-35-61-80)92(143-106(123)76-52-26-7-27-53-76)88(139-102(119)72-44-18-3-19-45-72)84(135-114)66-130-100(117)70-40-14-1-15-41-70/h1-65,83-99,113-115H,66-69H2/t83-,84-,85-,86-,87-,88-,89-,90-,91+,92+,93+,94+,95-,96-,97-,98-,99-,113-,114-,115-/m1/s1. The third-order valence-corrected chi connectivity index (χ3v) is 24.0. The van der Waals surface area contributed by atoms with Crippen LogP contribution in [0, 0.1) is 0 Å². The summed E-state index contributed by atoms with van der Waals surface area (Å²) in [5.74, 6) is -14.9. The predicted octanol–water partition coefficient (Wildman–Crippen LogP) is 15.5. The van der Waals surface area contributed by atoms with Gasteiger partial charge in [0.2, 0.25) is 6.36 Å². The molecule has 0 amide bonds. The van der Waals surface area contributed by atoms with Crippen molar-refractivity contribution in [2.24, 2.45) is 0 Å². The summed E-state index contributed by atoms with van der Waals surface area (Å²) in [7, 11) is 0. The van der Waals surface area contributed by atoms with Crippen LogP contribution in [0.1, 0.15) is 135 Å². The lowest BCUT2D eigenvalue weighted by Crippen LogP contribution is -2.66. The van der Waals surface area contributed by atoms with Crippen molar-refractivity contribution in [3.05, 3.63) is 467 Å². The number of rotatable bonds is 36. The Morgan fingerprint density at radius 3 is 0.477 bits per heavy atom. The Kier molecular flexibility index (Phi) is 34.5. The van der Waals surface area contributed by atoms with Crippen LogP contribution in [0.25, 0.3) is 0 Å². The molecule has 0 bridgehead atoms. The van der Waals surface area contributed by atoms with Crippen LogP contribution in [-0.4, -0.2) is 227 Å². The highest BCUT2D eigenvalue weighted by Crippen LogP contribution is 2.41. The average molecular weight is 2020 g/mol. The molecular formula is C115H93FO33. The minimum Gasteiger partial charge on any atom is -0.459 e. The molecule has 13 aromatic rings. The monoisotopic (exact) mass is 2020 g/mol. The highest BCUT2D eigenvalue weighted by atomic mass is 19.1. The van der Waals surface area contributed by atoms with E-state index in [1.54, 1.807) is 91.0 Å². The lowest BCUT2D eigenvalue weighted by atomic mass is 9.96. The molecular weight excluding hydrogens is 1930 g/mol. The van der Waals surface area contributed by atoms with E-state index in [1.807, 2.05) is 0 Å². The van der Waals surface area contributed by atoms with Crippen molar-refractivity contribution in [2.45, 2.75) is 123 Å². The van der Waals surface area contributed by atoms with Gasteiger partial charge in [-0.15, -0.1) is 0 Å². The van der Waals surface area contributed by atoms with Gasteiger partial charge in [-0.3, -0.25) is 0 Å². The Morgan fingerprint density at radius 1 is 0.161 bits per heavy atom. The summed E-state index contributed by atoms with van der Waals surface area (Å²) in [6, 6.07) is 95.5. The molecule has 17 rings (SSSR count). The van der Waals surface area contributed by atoms with E-state index in [0.717, 1.165) is 0 Å². The van der Waals surface area contributed by atoms with Crippen LogP contribution in [0.3, 0.4) is 0 Å². The third-order valence-electron chi connectivity index (χ3n) is 24.0. The lowest BCUT2D eigenvalue weighted by molar-refractivity contribution is -0.342. The molecule has 4 aliphatic heterocycles. The molecule has 4 saturated heterocycles. The van der Waals surface area contributed by atoms with Crippen LogP contribution in [0.2, 0.25) is 0 Å². The van der Waals surface area contributed by atoms with Crippen molar-refractivity contribution in [1.29, 1.82) is 0 Å². The molecule has 20 atom stereocenters. The van der Waals surface area contributed by atoms with Gasteiger partial charge in [0.25, 0.3) is 0 Å². The molecule has 0 N–H and O–H groups in total. The molecule has 4 fully saturated rings. The first-order chi connectivity index (χ1) is 72.7. The van der Waals surface area contributed by atoms with E-state index >= 15 is 42.7 Å². The topological polar surface area (TPSA) is 407 Å². The van der Waals surface area contributed by atoms with E-state index in [2.05, 4.69) is 0 Å². The number of benzene rings is 13. The minimum absolute atomic E-state index is 0.0294. The second kappa shape index (κ2) is 49.9. The first-order valence-electron chi connectivity index (χ1n) is 47.2. The SMILES string of the molecule is O=C(OC[C@H]1O[C@@H](OC[C@H]2O[C@@H](OC[C@H]3O[C@@H](OC[C@H]4O[C@@H](F)[C@H](OC(=O)c5ccccc5)[C@@H](OC(=O)c5ccccc5)[C@@H]4OC(=O)c4ccccc4)[C@H](OC(=O)c4ccccc4)[C@@H](OC(=O)c4ccccc4)[C@@H]3OC(=O)c3ccccc3)[C@H](OC(=O)c3ccccc3)[C@@H](OC(=O)c3ccccc3)[C@@H]2OC(=O)c2ccccc2)[C@H](OC(=O)c2ccccc2)[C@@H](OC(=O)c2ccccc2)[C@@H]1OC(=O)c1ccccc1)c1ccccc1. The maximum absolute atomic E-state index is 18.0. The summed E-state index contributed by atoms with van der Waals surface area (Å²) >= 11 is 0. The van der Waals surface area contributed by atoms with Crippen LogP contribution in [0.5, 0.6) is 0 Å². The maximum Gasteiger partial charge on any atom is 0.338 e. The number of ether oxygens (including phenoxy) is 20. The smallest absolute Gasteiger partial charge is 0.338 e. The molecule has 0 unspecified atom stereocenters. The fourth-order valence-corrected chi connectivity index (χ4v) is 16.6. The molecule has 0 aliphatic carbocycles. The molecule has 149 heavy (non-hydrogen) atoms. The Balaban J connectivity index is 0.814. The highest BCUT2D eigenvalue weighted by Gasteiger charge is 2.61. The van der Waals surface area contributed by atoms with Gasteiger partial charge in [-0.1, -0.05) is 237 Å². The number of esters is 13. The van der Waals surface area contributed by atoms with E-state index in [0.29, 0.717) is 0 Å². The Labute approximate surface area is 850 Å². The molecule has 0 radical (unpaired) electrons. The summed E-state index contributed by atoms with van der Waals surface area (Å²) in [5.41, 5.74) is -1.54. The van der Waals surface area contributed by atoms with Gasteiger partial charge in [-0.25, -0.2) is 66.7 Å². The van der Waals surface area contributed by atoms with Crippen LogP contribution < -0.4 is 0 Å². The number of carbonyl (C=O) groups excluding carboxylic acids is 13. The van der Waals surface area contributed by atoms with Gasteiger partial charge in [0.1, 0.15) is 31.0 Å². The first-order valence-corrected chi connectivity index (χ1v) is 47.2. The molecule has 34 heteroatoms. The summed E-state index contributed by atoms with van der Waals surface area (Å²) in [5, 5.41) is 0. The van der Waals surface area contributed by atoms with E-state index in [4.69, 9.17) is 94.7 Å². The molecule has 0 aromatic heterocycles. The zero-order valence-corrected chi connectivity index (χ0v) is 78.8. The van der Waals surface area contributed by atoms with Crippen molar-refractivity contribution in [3.63, 3.8) is 0 Å². The minimum atomic E-state index is -2.84. The number of carbonyl (C=O) groups is 13. The normalized spacial score (nSPS) is 23.2. The Hall–Kier alpha value is -17.4. The molecule has 33 nitrogen and oxygen atoms in total. The van der Waals surface area contributed by atoms with E-state index in [1.165, 1.54) is 303 Å². The van der Waals surface area contributed by atoms with Crippen molar-refractivity contribution in [1.82, 2.24) is 0 Å². The summed E-state index contributed by atoms with van der Waals surface area (Å²) in [6.07, 6.45) is -44.1. The molecule has 0 spiro atoms. The summed E-state index contributed by atoms with van der Waals surface area (Å²) in [4.78, 5) is 195. The van der Waals surface area contributed by atoms with Crippen molar-refractivity contribution < 1.29 is 161 Å². The highest BCUT2D eigenvalue weighted by molar-refractivity contribution is 5.96. The summed E-state index contributed by atoms with van der Waals surface area (Å²) < 4.78 is 149. The molecule has 4 heterocycles. The van der Waals surface area contributed by atoms with Crippen molar-refractivity contribution in [2.75, 3.05) is 26.4 Å². The fraction of sp³-hybridized carbons (Fsp3) is 0.209. The van der Waals surface area contributed by atoms with Gasteiger partial charge >= 0.3 is 77.6 Å². The van der Waals surface area contributed by atoms with E-state index < -0.39 is 227 Å². The zero-order chi connectivity index (χ0) is 103. The van der Waals surface area contributed by atoms with Crippen LogP contribution in [0.15, 0.2) is 394 Å². The zero-order valence-electron chi connectivity index (χ0n) is 78.8. The number of hydrogen-bond acceptors (Lipinski definition) is 33. The quantitative estimate of drug-likeness (QED) is 0.0260. The lowest BCUT2D eigenvalue weighted by Gasteiger charge is -2.47. The maximum atomic E-state index is 18.0. The van der Waals surface area contributed by atoms with Gasteiger partial charge < -0.3 is 94.7 Å². The number of hydrogen-bond donors (Lipinski definition) is 0. The fourth-order valence-electron chi connectivity index (χ4n) is 16.6. The Morgan fingerprint density at radius 2 is 0.295 bits per heavy atom. The van der Waals surface area contributed by atoms with Crippen LogP contribution >= 0.6 is 0 Å². The average Bonchev–Trinajstić information content (AvgIpc) is 0.766. The van der Waals surface area contributed by atoms with Gasteiger partial charge in [0.05, 0.1) is 92.1 Å². The van der Waals surface area contributed by atoms with Crippen molar-refractivity contribution in [3.8, 4) is 0 Å². The number of halogens is 1. The van der Waals surface area contributed by atoms with Crippen molar-refractivity contribution >= 4 is 77.6 Å². The van der Waals surface area contributed by atoms with Gasteiger partial charge in [0.15, 0.2) is 92.1 Å². The van der Waals surface area contributed by atoms with E-state index in [9.17, 15) is 24.0 Å². The third kappa shape index (κ3) is 26.3. The molecule has 4 aliphatic rings. The second-order valence-corrected chi connectivity index (χ2v) is 34.0. The largest absolute Gasteiger partial charge is 0.459 e. The van der Waals surface area contributed by atoms with Gasteiger partial charge in [-0.2, -0.15) is 0 Å². The second-order valence-electron chi connectivity index (χ2n) is 34.0.